The molecule has 0 bridgehead atoms. The van der Waals surface area contributed by atoms with Crippen molar-refractivity contribution in [2.45, 2.75) is 19.5 Å². The highest BCUT2D eigenvalue weighted by molar-refractivity contribution is 6.31. The van der Waals surface area contributed by atoms with Crippen molar-refractivity contribution in [2.24, 2.45) is 0 Å². The molecule has 0 aliphatic carbocycles. The smallest absolute Gasteiger partial charge is 0.259 e. The topological polar surface area (TPSA) is 57.9 Å². The summed E-state index contributed by atoms with van der Waals surface area (Å²) in [4.78, 5) is 18.0. The first-order chi connectivity index (χ1) is 16.4. The first-order valence-corrected chi connectivity index (χ1v) is 11.7. The number of halogens is 2. The standard InChI is InChI=1S/C26H29ClFN3O3/c1-18-17-23(32)24(26(33)31(18)15-16-34-2)25(21-5-3-4-6-22(21)27)30-13-11-29(12-14-30)20-9-7-19(28)8-10-20/h3-10,17,25,32H,11-16H2,1-2H3. The fraction of sp³-hybridized carbons (Fsp3) is 0.346. The molecule has 0 radical (unpaired) electrons. The maximum atomic E-state index is 13.6. The normalized spacial score (nSPS) is 15.5. The Morgan fingerprint density at radius 2 is 1.76 bits per heavy atom. The average molecular weight is 486 g/mol. The molecule has 180 valence electrons. The molecule has 34 heavy (non-hydrogen) atoms. The van der Waals surface area contributed by atoms with Crippen LogP contribution in [0.5, 0.6) is 5.75 Å². The summed E-state index contributed by atoms with van der Waals surface area (Å²) in [6.45, 7) is 5.23. The summed E-state index contributed by atoms with van der Waals surface area (Å²) in [6.07, 6.45) is 0. The Hall–Kier alpha value is -2.87. The number of methoxy groups -OCH3 is 1. The van der Waals surface area contributed by atoms with Crippen LogP contribution in [0.25, 0.3) is 0 Å². The number of ether oxygens (including phenoxy) is 1. The molecule has 1 saturated heterocycles. The number of aromatic hydroxyl groups is 1. The van der Waals surface area contributed by atoms with Crippen molar-refractivity contribution in [3.8, 4) is 5.75 Å². The molecular formula is C26H29ClFN3O3. The van der Waals surface area contributed by atoms with Gasteiger partial charge in [0.05, 0.1) is 18.2 Å². The van der Waals surface area contributed by atoms with E-state index in [2.05, 4.69) is 9.80 Å². The molecule has 1 aliphatic rings. The van der Waals surface area contributed by atoms with Crippen molar-refractivity contribution in [1.82, 2.24) is 9.47 Å². The predicted octanol–water partition coefficient (Wildman–Crippen LogP) is 4.21. The summed E-state index contributed by atoms with van der Waals surface area (Å²) >= 11 is 6.60. The molecule has 1 unspecified atom stereocenters. The number of hydrogen-bond donors (Lipinski definition) is 1. The lowest BCUT2D eigenvalue weighted by molar-refractivity contribution is 0.183. The number of anilines is 1. The van der Waals surface area contributed by atoms with E-state index in [0.717, 1.165) is 11.3 Å². The van der Waals surface area contributed by atoms with Crippen LogP contribution in [0.2, 0.25) is 5.02 Å². The maximum absolute atomic E-state index is 13.6. The summed E-state index contributed by atoms with van der Waals surface area (Å²) in [5, 5.41) is 11.5. The first kappa shape index (κ1) is 24.3. The SMILES string of the molecule is COCCn1c(C)cc(O)c(C(c2ccccc2Cl)N2CCN(c3ccc(F)cc3)CC2)c1=O. The number of piperazine rings is 1. The minimum atomic E-state index is -0.508. The molecule has 8 heteroatoms. The lowest BCUT2D eigenvalue weighted by Crippen LogP contribution is -2.49. The quantitative estimate of drug-likeness (QED) is 0.543. The van der Waals surface area contributed by atoms with Crippen LogP contribution in [0.1, 0.15) is 22.9 Å². The van der Waals surface area contributed by atoms with E-state index in [9.17, 15) is 14.3 Å². The van der Waals surface area contributed by atoms with Crippen LogP contribution < -0.4 is 10.5 Å². The fourth-order valence-corrected chi connectivity index (χ4v) is 4.85. The molecule has 4 rings (SSSR count). The number of hydrogen-bond acceptors (Lipinski definition) is 5. The van der Waals surface area contributed by atoms with E-state index >= 15 is 0 Å². The maximum Gasteiger partial charge on any atom is 0.259 e. The summed E-state index contributed by atoms with van der Waals surface area (Å²) in [5.74, 6) is -0.303. The zero-order valence-electron chi connectivity index (χ0n) is 19.4. The summed E-state index contributed by atoms with van der Waals surface area (Å²) in [7, 11) is 1.59. The Bertz CT molecular complexity index is 1190. The molecule has 1 atom stereocenters. The van der Waals surface area contributed by atoms with Gasteiger partial charge in [0, 0.05) is 56.2 Å². The van der Waals surface area contributed by atoms with E-state index in [0.29, 0.717) is 55.6 Å². The largest absolute Gasteiger partial charge is 0.507 e. The van der Waals surface area contributed by atoms with Gasteiger partial charge in [-0.3, -0.25) is 9.69 Å². The lowest BCUT2D eigenvalue weighted by atomic mass is 9.95. The molecule has 3 aromatic rings. The van der Waals surface area contributed by atoms with Gasteiger partial charge in [0.2, 0.25) is 0 Å². The van der Waals surface area contributed by atoms with Crippen molar-refractivity contribution >= 4 is 17.3 Å². The molecule has 1 fully saturated rings. The highest BCUT2D eigenvalue weighted by atomic mass is 35.5. The van der Waals surface area contributed by atoms with E-state index in [1.807, 2.05) is 18.2 Å². The fourth-order valence-electron chi connectivity index (χ4n) is 4.61. The number of nitrogens with zero attached hydrogens (tertiary/aromatic N) is 3. The summed E-state index contributed by atoms with van der Waals surface area (Å²) in [5.41, 5.74) is 2.46. The van der Waals surface area contributed by atoms with Crippen molar-refractivity contribution < 1.29 is 14.2 Å². The lowest BCUT2D eigenvalue weighted by Gasteiger charge is -2.40. The molecule has 1 N–H and O–H groups in total. The van der Waals surface area contributed by atoms with Gasteiger partial charge in [0.1, 0.15) is 11.6 Å². The third-order valence-corrected chi connectivity index (χ3v) is 6.73. The Balaban J connectivity index is 1.72. The zero-order valence-corrected chi connectivity index (χ0v) is 20.1. The molecule has 2 aromatic carbocycles. The molecule has 0 saturated carbocycles. The van der Waals surface area contributed by atoms with E-state index in [-0.39, 0.29) is 17.1 Å². The Kier molecular flexibility index (Phi) is 7.56. The van der Waals surface area contributed by atoms with Crippen LogP contribution in [0, 0.1) is 12.7 Å². The van der Waals surface area contributed by atoms with E-state index in [1.54, 1.807) is 42.9 Å². The van der Waals surface area contributed by atoms with Gasteiger partial charge in [0.15, 0.2) is 0 Å². The molecule has 0 amide bonds. The molecule has 6 nitrogen and oxygen atoms in total. The predicted molar refractivity (Wildman–Crippen MR) is 132 cm³/mol. The Morgan fingerprint density at radius 3 is 2.41 bits per heavy atom. The van der Waals surface area contributed by atoms with Gasteiger partial charge >= 0.3 is 0 Å². The van der Waals surface area contributed by atoms with Crippen molar-refractivity contribution in [1.29, 1.82) is 0 Å². The second kappa shape index (κ2) is 10.6. The highest BCUT2D eigenvalue weighted by Crippen LogP contribution is 2.37. The van der Waals surface area contributed by atoms with Gasteiger partial charge in [0.25, 0.3) is 5.56 Å². The van der Waals surface area contributed by atoms with Crippen LogP contribution in [-0.2, 0) is 11.3 Å². The summed E-state index contributed by atoms with van der Waals surface area (Å²) in [6, 6.07) is 15.0. The third-order valence-electron chi connectivity index (χ3n) is 6.39. The Labute approximate surface area is 203 Å². The Morgan fingerprint density at radius 1 is 1.09 bits per heavy atom. The van der Waals surface area contributed by atoms with Crippen LogP contribution >= 0.6 is 11.6 Å². The van der Waals surface area contributed by atoms with Gasteiger partial charge < -0.3 is 19.3 Å². The van der Waals surface area contributed by atoms with Gasteiger partial charge in [-0.05, 0) is 48.9 Å². The van der Waals surface area contributed by atoms with Crippen molar-refractivity contribution in [3.63, 3.8) is 0 Å². The molecular weight excluding hydrogens is 457 g/mol. The number of aromatic nitrogens is 1. The van der Waals surface area contributed by atoms with Crippen molar-refractivity contribution in [3.05, 3.63) is 92.6 Å². The molecule has 0 spiro atoms. The van der Waals surface area contributed by atoms with Crippen molar-refractivity contribution in [2.75, 3.05) is 44.8 Å². The monoisotopic (exact) mass is 485 g/mol. The number of pyridine rings is 1. The molecule has 1 aliphatic heterocycles. The van der Waals surface area contributed by atoms with E-state index in [4.69, 9.17) is 16.3 Å². The second-order valence-electron chi connectivity index (χ2n) is 8.46. The van der Waals surface area contributed by atoms with Crippen LogP contribution in [-0.4, -0.2) is 54.5 Å². The molecule has 2 heterocycles. The number of benzene rings is 2. The third kappa shape index (κ3) is 4.97. The minimum absolute atomic E-state index is 0.0398. The first-order valence-electron chi connectivity index (χ1n) is 11.3. The van der Waals surface area contributed by atoms with Gasteiger partial charge in [-0.1, -0.05) is 29.8 Å². The average Bonchev–Trinajstić information content (AvgIpc) is 2.83. The van der Waals surface area contributed by atoms with Gasteiger partial charge in [-0.2, -0.15) is 0 Å². The van der Waals surface area contributed by atoms with Crippen LogP contribution in [0.15, 0.2) is 59.4 Å². The molecule has 1 aromatic heterocycles. The highest BCUT2D eigenvalue weighted by Gasteiger charge is 2.32. The van der Waals surface area contributed by atoms with E-state index < -0.39 is 6.04 Å². The number of aryl methyl sites for hydroxylation is 1. The number of rotatable bonds is 7. The minimum Gasteiger partial charge on any atom is -0.507 e. The van der Waals surface area contributed by atoms with Gasteiger partial charge in [-0.15, -0.1) is 0 Å². The van der Waals surface area contributed by atoms with Crippen LogP contribution in [0.3, 0.4) is 0 Å². The van der Waals surface area contributed by atoms with E-state index in [1.165, 1.54) is 12.1 Å². The second-order valence-corrected chi connectivity index (χ2v) is 8.86. The summed E-state index contributed by atoms with van der Waals surface area (Å²) < 4.78 is 20.2. The van der Waals surface area contributed by atoms with Gasteiger partial charge in [-0.25, -0.2) is 4.39 Å². The van der Waals surface area contributed by atoms with Crippen LogP contribution in [0.4, 0.5) is 10.1 Å². The zero-order chi connectivity index (χ0) is 24.2.